The number of pyridine rings is 1. The zero-order valence-corrected chi connectivity index (χ0v) is 22.0. The van der Waals surface area contributed by atoms with Crippen LogP contribution >= 0.6 is 0 Å². The van der Waals surface area contributed by atoms with Crippen LogP contribution in [0.1, 0.15) is 51.8 Å². The quantitative estimate of drug-likeness (QED) is 0.183. The van der Waals surface area contributed by atoms with Gasteiger partial charge in [0.25, 0.3) is 5.91 Å². The summed E-state index contributed by atoms with van der Waals surface area (Å²) in [6.45, 7) is 0.621. The molecule has 1 unspecified atom stereocenters. The first-order chi connectivity index (χ1) is 20.1. The number of aromatic nitrogens is 3. The van der Waals surface area contributed by atoms with Gasteiger partial charge in [0.2, 0.25) is 0 Å². The monoisotopic (exact) mass is 582 g/mol. The van der Waals surface area contributed by atoms with Gasteiger partial charge in [-0.3, -0.25) is 9.78 Å². The maximum atomic E-state index is 15.0. The Bertz CT molecular complexity index is 1590. The molecular weight excluding hydrogens is 556 g/mol. The minimum atomic E-state index is -4.86. The van der Waals surface area contributed by atoms with Gasteiger partial charge < -0.3 is 21.1 Å². The van der Waals surface area contributed by atoms with Crippen LogP contribution < -0.4 is 16.0 Å². The normalized spacial score (nSPS) is 13.9. The van der Waals surface area contributed by atoms with Crippen LogP contribution in [0.4, 0.5) is 28.0 Å². The number of anilines is 1. The fourth-order valence-corrected chi connectivity index (χ4v) is 4.45. The number of hydrogen-bond acceptors (Lipinski definition) is 5. The number of carboxylic acid groups (broad SMARTS) is 1. The third kappa shape index (κ3) is 6.92. The van der Waals surface area contributed by atoms with E-state index in [2.05, 4.69) is 26.0 Å². The molecule has 4 aromatic rings. The van der Waals surface area contributed by atoms with Crippen molar-refractivity contribution in [2.75, 3.05) is 11.9 Å². The number of carbonyl (C=O) groups excluding carboxylic acids is 1. The number of nitrogens with one attached hydrogen (secondary N) is 3. The molecule has 0 radical (unpaired) electrons. The summed E-state index contributed by atoms with van der Waals surface area (Å²) >= 11 is 0. The van der Waals surface area contributed by atoms with E-state index in [1.165, 1.54) is 30.3 Å². The van der Waals surface area contributed by atoms with Gasteiger partial charge >= 0.3 is 12.3 Å². The highest BCUT2D eigenvalue weighted by atomic mass is 19.4. The highest BCUT2D eigenvalue weighted by Gasteiger charge is 2.36. The SMILES string of the molecule is O=C(O)NCc1cccc(-n2nc(C(F)(F)F)cc2C(=O)Nc2cc(C(NCC3CC3)c3ccncc3)ccc2F)c1. The van der Waals surface area contributed by atoms with Gasteiger partial charge in [0.15, 0.2) is 5.69 Å². The van der Waals surface area contributed by atoms with E-state index in [-0.39, 0.29) is 24.0 Å². The zero-order chi connectivity index (χ0) is 29.9. The summed E-state index contributed by atoms with van der Waals surface area (Å²) < 4.78 is 56.6. The largest absolute Gasteiger partial charge is 0.465 e. The summed E-state index contributed by atoms with van der Waals surface area (Å²) in [5.74, 6) is -1.24. The molecule has 4 N–H and O–H groups in total. The predicted octanol–water partition coefficient (Wildman–Crippen LogP) is 5.53. The molecule has 9 nitrogen and oxygen atoms in total. The molecule has 0 aliphatic heterocycles. The summed E-state index contributed by atoms with van der Waals surface area (Å²) in [4.78, 5) is 28.3. The van der Waals surface area contributed by atoms with Crippen molar-refractivity contribution in [2.45, 2.75) is 31.6 Å². The van der Waals surface area contributed by atoms with E-state index >= 15 is 0 Å². The molecule has 0 saturated heterocycles. The Morgan fingerprint density at radius 1 is 1.02 bits per heavy atom. The lowest BCUT2D eigenvalue weighted by molar-refractivity contribution is -0.141. The van der Waals surface area contributed by atoms with Crippen molar-refractivity contribution in [3.63, 3.8) is 0 Å². The van der Waals surface area contributed by atoms with Crippen LogP contribution in [-0.2, 0) is 12.7 Å². The number of amides is 2. The Morgan fingerprint density at radius 3 is 2.48 bits per heavy atom. The van der Waals surface area contributed by atoms with Crippen molar-refractivity contribution >= 4 is 17.7 Å². The van der Waals surface area contributed by atoms with Crippen molar-refractivity contribution in [2.24, 2.45) is 5.92 Å². The maximum absolute atomic E-state index is 15.0. The summed E-state index contributed by atoms with van der Waals surface area (Å²) in [5.41, 5.74) is -0.0145. The number of hydrogen-bond donors (Lipinski definition) is 4. The summed E-state index contributed by atoms with van der Waals surface area (Å²) in [5, 5.41) is 20.5. The van der Waals surface area contributed by atoms with Gasteiger partial charge in [-0.2, -0.15) is 18.3 Å². The molecule has 1 atom stereocenters. The molecule has 2 heterocycles. The molecule has 1 aliphatic carbocycles. The van der Waals surface area contributed by atoms with Gasteiger partial charge in [-0.1, -0.05) is 18.2 Å². The lowest BCUT2D eigenvalue weighted by Gasteiger charge is -2.21. The molecular formula is C29H26F4N6O3. The van der Waals surface area contributed by atoms with Crippen LogP contribution in [0.15, 0.2) is 73.1 Å². The molecule has 2 aromatic heterocycles. The Kier molecular flexibility index (Phi) is 8.20. The van der Waals surface area contributed by atoms with Crippen LogP contribution in [0, 0.1) is 11.7 Å². The molecule has 42 heavy (non-hydrogen) atoms. The lowest BCUT2D eigenvalue weighted by Crippen LogP contribution is -2.25. The Morgan fingerprint density at radius 2 is 1.79 bits per heavy atom. The highest BCUT2D eigenvalue weighted by molar-refractivity contribution is 6.03. The predicted molar refractivity (Wildman–Crippen MR) is 145 cm³/mol. The van der Waals surface area contributed by atoms with Crippen molar-refractivity contribution in [1.29, 1.82) is 0 Å². The van der Waals surface area contributed by atoms with E-state index in [0.717, 1.165) is 29.6 Å². The average Bonchev–Trinajstić information content (AvgIpc) is 3.67. The summed E-state index contributed by atoms with van der Waals surface area (Å²) in [6, 6.07) is 14.0. The number of halogens is 4. The van der Waals surface area contributed by atoms with E-state index in [4.69, 9.17) is 5.11 Å². The third-order valence-corrected chi connectivity index (χ3v) is 6.75. The lowest BCUT2D eigenvalue weighted by atomic mass is 9.98. The molecule has 0 spiro atoms. The highest BCUT2D eigenvalue weighted by Crippen LogP contribution is 2.32. The first-order valence-corrected chi connectivity index (χ1v) is 13.1. The van der Waals surface area contributed by atoms with Gasteiger partial charge in [-0.25, -0.2) is 13.9 Å². The molecule has 2 aromatic carbocycles. The molecule has 13 heteroatoms. The molecule has 0 bridgehead atoms. The first kappa shape index (κ1) is 28.7. The molecule has 1 fully saturated rings. The van der Waals surface area contributed by atoms with Gasteiger partial charge in [0.05, 0.1) is 17.4 Å². The van der Waals surface area contributed by atoms with Gasteiger partial charge in [-0.15, -0.1) is 0 Å². The van der Waals surface area contributed by atoms with Gasteiger partial charge in [0, 0.05) is 25.0 Å². The topological polar surface area (TPSA) is 121 Å². The van der Waals surface area contributed by atoms with E-state index in [0.29, 0.717) is 23.1 Å². The van der Waals surface area contributed by atoms with Crippen LogP contribution in [0.5, 0.6) is 0 Å². The average molecular weight is 583 g/mol. The molecule has 2 amide bonds. The van der Waals surface area contributed by atoms with Crippen molar-refractivity contribution < 1.29 is 32.3 Å². The second kappa shape index (κ2) is 12.0. The fourth-order valence-electron chi connectivity index (χ4n) is 4.45. The number of benzene rings is 2. The smallest absolute Gasteiger partial charge is 0.435 e. The number of alkyl halides is 3. The summed E-state index contributed by atoms with van der Waals surface area (Å²) in [7, 11) is 0. The van der Waals surface area contributed by atoms with Gasteiger partial charge in [-0.05, 0) is 78.4 Å². The maximum Gasteiger partial charge on any atom is 0.435 e. The van der Waals surface area contributed by atoms with Gasteiger partial charge in [0.1, 0.15) is 11.5 Å². The fraction of sp³-hybridized carbons (Fsp3) is 0.241. The first-order valence-electron chi connectivity index (χ1n) is 13.1. The summed E-state index contributed by atoms with van der Waals surface area (Å²) in [6.07, 6.45) is -0.629. The standard InChI is InChI=1S/C29H26F4N6O3/c30-22-7-6-20(26(35-15-17-4-5-17)19-8-10-34-11-9-19)13-23(22)37-27(40)24-14-25(29(31,32)33)38-39(24)21-3-1-2-18(12-21)16-36-28(41)42/h1-3,6-14,17,26,35-36H,4-5,15-16H2,(H,37,40)(H,41,42). The minimum Gasteiger partial charge on any atom is -0.465 e. The molecule has 1 aliphatic rings. The van der Waals surface area contributed by atoms with Crippen molar-refractivity contribution in [3.05, 3.63) is 107 Å². The van der Waals surface area contributed by atoms with E-state index < -0.39 is 35.4 Å². The van der Waals surface area contributed by atoms with E-state index in [9.17, 15) is 27.2 Å². The van der Waals surface area contributed by atoms with Crippen LogP contribution in [0.3, 0.4) is 0 Å². The number of rotatable bonds is 10. The minimum absolute atomic E-state index is 0.0802. The number of nitrogens with zero attached hydrogens (tertiary/aromatic N) is 3. The van der Waals surface area contributed by atoms with E-state index in [1.807, 2.05) is 12.1 Å². The van der Waals surface area contributed by atoms with Crippen LogP contribution in [-0.4, -0.2) is 38.4 Å². The second-order valence-corrected chi connectivity index (χ2v) is 9.91. The molecule has 218 valence electrons. The Hall–Kier alpha value is -4.78. The molecule has 1 saturated carbocycles. The number of carbonyl (C=O) groups is 2. The Balaban J connectivity index is 1.46. The van der Waals surface area contributed by atoms with Crippen LogP contribution in [0.2, 0.25) is 0 Å². The Labute approximate surface area is 237 Å². The molecule has 5 rings (SSSR count). The van der Waals surface area contributed by atoms with Crippen molar-refractivity contribution in [1.82, 2.24) is 25.4 Å². The zero-order valence-electron chi connectivity index (χ0n) is 22.0. The van der Waals surface area contributed by atoms with Crippen molar-refractivity contribution in [3.8, 4) is 5.69 Å². The third-order valence-electron chi connectivity index (χ3n) is 6.75. The second-order valence-electron chi connectivity index (χ2n) is 9.91. The van der Waals surface area contributed by atoms with Crippen LogP contribution in [0.25, 0.3) is 5.69 Å². The van der Waals surface area contributed by atoms with E-state index in [1.54, 1.807) is 24.5 Å².